The fraction of sp³-hybridized carbons (Fsp3) is 0.333. The van der Waals surface area contributed by atoms with E-state index in [4.69, 9.17) is 22.1 Å². The molecule has 0 saturated heterocycles. The lowest BCUT2D eigenvalue weighted by molar-refractivity contribution is 0.134. The highest BCUT2D eigenvalue weighted by Crippen LogP contribution is 2.19. The molecule has 1 aromatic carbocycles. The monoisotopic (exact) mass is 185 g/mol. The van der Waals surface area contributed by atoms with Crippen LogP contribution in [0.4, 0.5) is 5.69 Å². The standard InChI is InChI=1S/C9H12ClNO/c1-2-12-6-7-3-4-8(11)5-9(7)10/h3-5H,2,6,11H2,1H3. The summed E-state index contributed by atoms with van der Waals surface area (Å²) >= 11 is 5.91. The number of halogens is 1. The van der Waals surface area contributed by atoms with Crippen molar-refractivity contribution in [2.24, 2.45) is 0 Å². The van der Waals surface area contributed by atoms with Crippen LogP contribution in [-0.2, 0) is 11.3 Å². The Kier molecular flexibility index (Phi) is 3.38. The van der Waals surface area contributed by atoms with Crippen LogP contribution in [0.3, 0.4) is 0 Å². The van der Waals surface area contributed by atoms with Crippen molar-refractivity contribution in [2.75, 3.05) is 12.3 Å². The first-order valence-electron chi connectivity index (χ1n) is 3.85. The first-order valence-corrected chi connectivity index (χ1v) is 4.23. The van der Waals surface area contributed by atoms with Crippen LogP contribution in [0.2, 0.25) is 5.02 Å². The van der Waals surface area contributed by atoms with Crippen molar-refractivity contribution in [3.8, 4) is 0 Å². The first-order chi connectivity index (χ1) is 5.74. The molecule has 0 aromatic heterocycles. The Balaban J connectivity index is 2.72. The fourth-order valence-electron chi connectivity index (χ4n) is 0.893. The summed E-state index contributed by atoms with van der Waals surface area (Å²) in [5, 5.41) is 0.670. The van der Waals surface area contributed by atoms with Gasteiger partial charge in [-0.15, -0.1) is 0 Å². The zero-order valence-corrected chi connectivity index (χ0v) is 7.77. The normalized spacial score (nSPS) is 10.2. The van der Waals surface area contributed by atoms with Gasteiger partial charge in [-0.3, -0.25) is 0 Å². The molecule has 0 amide bonds. The second-order valence-electron chi connectivity index (χ2n) is 2.49. The smallest absolute Gasteiger partial charge is 0.0731 e. The van der Waals surface area contributed by atoms with E-state index in [9.17, 15) is 0 Å². The van der Waals surface area contributed by atoms with Crippen LogP contribution in [0.25, 0.3) is 0 Å². The van der Waals surface area contributed by atoms with Gasteiger partial charge in [-0.1, -0.05) is 17.7 Å². The Bertz CT molecular complexity index is 263. The van der Waals surface area contributed by atoms with Crippen molar-refractivity contribution < 1.29 is 4.74 Å². The Labute approximate surface area is 77.3 Å². The van der Waals surface area contributed by atoms with Gasteiger partial charge in [0.2, 0.25) is 0 Å². The molecule has 0 radical (unpaired) electrons. The summed E-state index contributed by atoms with van der Waals surface area (Å²) in [6.45, 7) is 3.20. The van der Waals surface area contributed by atoms with Crippen LogP contribution in [0.5, 0.6) is 0 Å². The molecule has 3 heteroatoms. The topological polar surface area (TPSA) is 35.2 Å². The molecule has 66 valence electrons. The molecule has 12 heavy (non-hydrogen) atoms. The van der Waals surface area contributed by atoms with Crippen LogP contribution in [0.15, 0.2) is 18.2 Å². The van der Waals surface area contributed by atoms with Crippen molar-refractivity contribution in [2.45, 2.75) is 13.5 Å². The average Bonchev–Trinajstić information content (AvgIpc) is 2.03. The van der Waals surface area contributed by atoms with E-state index in [1.807, 2.05) is 19.1 Å². The van der Waals surface area contributed by atoms with E-state index >= 15 is 0 Å². The molecular formula is C9H12ClNO. The van der Waals surface area contributed by atoms with Gasteiger partial charge < -0.3 is 10.5 Å². The van der Waals surface area contributed by atoms with E-state index in [2.05, 4.69) is 0 Å². The third kappa shape index (κ3) is 2.40. The molecule has 0 saturated carbocycles. The molecule has 0 heterocycles. The Morgan fingerprint density at radius 2 is 2.25 bits per heavy atom. The van der Waals surface area contributed by atoms with Gasteiger partial charge in [0.15, 0.2) is 0 Å². The van der Waals surface area contributed by atoms with Gasteiger partial charge >= 0.3 is 0 Å². The summed E-state index contributed by atoms with van der Waals surface area (Å²) in [4.78, 5) is 0. The first kappa shape index (κ1) is 9.36. The minimum atomic E-state index is 0.551. The molecule has 1 aromatic rings. The van der Waals surface area contributed by atoms with E-state index < -0.39 is 0 Å². The maximum atomic E-state index is 5.91. The van der Waals surface area contributed by atoms with Gasteiger partial charge in [-0.25, -0.2) is 0 Å². The predicted octanol–water partition coefficient (Wildman–Crippen LogP) is 2.46. The molecule has 0 bridgehead atoms. The van der Waals surface area contributed by atoms with E-state index in [1.165, 1.54) is 0 Å². The quantitative estimate of drug-likeness (QED) is 0.735. The third-order valence-electron chi connectivity index (χ3n) is 1.54. The highest BCUT2D eigenvalue weighted by molar-refractivity contribution is 6.31. The number of nitrogens with two attached hydrogens (primary N) is 1. The maximum absolute atomic E-state index is 5.91. The minimum absolute atomic E-state index is 0.551. The molecule has 0 atom stereocenters. The van der Waals surface area contributed by atoms with Crippen LogP contribution in [0, 0.1) is 0 Å². The predicted molar refractivity (Wildman–Crippen MR) is 51.2 cm³/mol. The number of anilines is 1. The third-order valence-corrected chi connectivity index (χ3v) is 1.89. The van der Waals surface area contributed by atoms with Gasteiger partial charge in [0.1, 0.15) is 0 Å². The minimum Gasteiger partial charge on any atom is -0.399 e. The van der Waals surface area contributed by atoms with Crippen LogP contribution in [-0.4, -0.2) is 6.61 Å². The number of rotatable bonds is 3. The second kappa shape index (κ2) is 4.33. The zero-order chi connectivity index (χ0) is 8.97. The second-order valence-corrected chi connectivity index (χ2v) is 2.90. The SMILES string of the molecule is CCOCc1ccc(N)cc1Cl. The zero-order valence-electron chi connectivity index (χ0n) is 7.01. The van der Waals surface area contributed by atoms with E-state index in [1.54, 1.807) is 6.07 Å². The highest BCUT2D eigenvalue weighted by Gasteiger charge is 1.99. The van der Waals surface area contributed by atoms with Crippen molar-refractivity contribution in [3.63, 3.8) is 0 Å². The average molecular weight is 186 g/mol. The van der Waals surface area contributed by atoms with E-state index in [0.717, 1.165) is 5.56 Å². The molecular weight excluding hydrogens is 174 g/mol. The van der Waals surface area contributed by atoms with Gasteiger partial charge in [-0.2, -0.15) is 0 Å². The lowest BCUT2D eigenvalue weighted by Crippen LogP contribution is -1.94. The van der Waals surface area contributed by atoms with E-state index in [-0.39, 0.29) is 0 Å². The van der Waals surface area contributed by atoms with Crippen LogP contribution in [0.1, 0.15) is 12.5 Å². The molecule has 0 spiro atoms. The van der Waals surface area contributed by atoms with Gasteiger partial charge in [0, 0.05) is 17.3 Å². The molecule has 0 aliphatic carbocycles. The van der Waals surface area contributed by atoms with Gasteiger partial charge in [-0.05, 0) is 24.6 Å². The van der Waals surface area contributed by atoms with Gasteiger partial charge in [0.25, 0.3) is 0 Å². The molecule has 0 unspecified atom stereocenters. The summed E-state index contributed by atoms with van der Waals surface area (Å²) in [5.41, 5.74) is 7.19. The molecule has 2 N–H and O–H groups in total. The number of benzene rings is 1. The number of hydrogen-bond acceptors (Lipinski definition) is 2. The van der Waals surface area contributed by atoms with Crippen molar-refractivity contribution >= 4 is 17.3 Å². The van der Waals surface area contributed by atoms with Gasteiger partial charge in [0.05, 0.1) is 6.61 Å². The summed E-state index contributed by atoms with van der Waals surface area (Å²) in [7, 11) is 0. The Hall–Kier alpha value is -0.730. The largest absolute Gasteiger partial charge is 0.399 e. The summed E-state index contributed by atoms with van der Waals surface area (Å²) < 4.78 is 5.21. The Morgan fingerprint density at radius 1 is 1.50 bits per heavy atom. The molecule has 0 fully saturated rings. The fourth-order valence-corrected chi connectivity index (χ4v) is 1.14. The van der Waals surface area contributed by atoms with Crippen LogP contribution < -0.4 is 5.73 Å². The van der Waals surface area contributed by atoms with E-state index in [0.29, 0.717) is 23.9 Å². The molecule has 0 aliphatic rings. The summed E-state index contributed by atoms with van der Waals surface area (Å²) in [6, 6.07) is 5.43. The van der Waals surface area contributed by atoms with Crippen LogP contribution >= 0.6 is 11.6 Å². The number of hydrogen-bond donors (Lipinski definition) is 1. The molecule has 2 nitrogen and oxygen atoms in total. The summed E-state index contributed by atoms with van der Waals surface area (Å²) in [5.74, 6) is 0. The van der Waals surface area contributed by atoms with Crippen molar-refractivity contribution in [3.05, 3.63) is 28.8 Å². The molecule has 0 aliphatic heterocycles. The lowest BCUT2D eigenvalue weighted by Gasteiger charge is -2.04. The Morgan fingerprint density at radius 3 is 2.83 bits per heavy atom. The van der Waals surface area contributed by atoms with Crippen molar-refractivity contribution in [1.29, 1.82) is 0 Å². The van der Waals surface area contributed by atoms with Crippen molar-refractivity contribution in [1.82, 2.24) is 0 Å². The summed E-state index contributed by atoms with van der Waals surface area (Å²) in [6.07, 6.45) is 0. The number of ether oxygens (including phenoxy) is 1. The number of nitrogen functional groups attached to an aromatic ring is 1. The lowest BCUT2D eigenvalue weighted by atomic mass is 10.2. The molecule has 1 rings (SSSR count). The maximum Gasteiger partial charge on any atom is 0.0731 e. The highest BCUT2D eigenvalue weighted by atomic mass is 35.5.